The molecule has 3 atom stereocenters. The Labute approximate surface area is 190 Å². The number of carbonyl (C=O) groups is 1. The van der Waals surface area contributed by atoms with Crippen LogP contribution in [0.1, 0.15) is 69.4 Å². The van der Waals surface area contributed by atoms with E-state index in [1.165, 1.54) is 5.56 Å². The summed E-state index contributed by atoms with van der Waals surface area (Å²) in [4.78, 5) is 14.9. The normalized spacial score (nSPS) is 20.9. The fourth-order valence-electron chi connectivity index (χ4n) is 4.92. The highest BCUT2D eigenvalue weighted by molar-refractivity contribution is 6.30. The molecule has 2 aromatic carbocycles. The highest BCUT2D eigenvalue weighted by atomic mass is 35.5. The molecule has 0 N–H and O–H groups in total. The number of fused-ring (bicyclic) bond motifs is 5. The van der Waals surface area contributed by atoms with Crippen LogP contribution in [0.15, 0.2) is 42.5 Å². The molecule has 0 bridgehead atoms. The number of hydrogen-bond donors (Lipinski definition) is 0. The lowest BCUT2D eigenvalue weighted by Crippen LogP contribution is -2.41. The number of ether oxygens (including phenoxy) is 2. The van der Waals surface area contributed by atoms with E-state index in [1.807, 2.05) is 30.3 Å². The highest BCUT2D eigenvalue weighted by Gasteiger charge is 2.43. The molecule has 2 aromatic rings. The molecular formula is C26H32ClNO3. The Balaban J connectivity index is 1.62. The summed E-state index contributed by atoms with van der Waals surface area (Å²) in [6, 6.07) is 14.1. The van der Waals surface area contributed by atoms with Gasteiger partial charge in [-0.2, -0.15) is 0 Å². The van der Waals surface area contributed by atoms with Crippen LogP contribution in [-0.4, -0.2) is 30.2 Å². The van der Waals surface area contributed by atoms with Crippen molar-refractivity contribution >= 4 is 17.6 Å². The van der Waals surface area contributed by atoms with Crippen LogP contribution in [0, 0.1) is 5.92 Å². The van der Waals surface area contributed by atoms with Crippen LogP contribution in [0.25, 0.3) is 0 Å². The maximum absolute atomic E-state index is 12.5. The maximum Gasteiger partial charge on any atom is 0.307 e. The Morgan fingerprint density at radius 3 is 2.55 bits per heavy atom. The van der Waals surface area contributed by atoms with Gasteiger partial charge in [0.25, 0.3) is 0 Å². The Kier molecular flexibility index (Phi) is 6.88. The zero-order valence-electron chi connectivity index (χ0n) is 18.6. The number of halogens is 1. The van der Waals surface area contributed by atoms with Gasteiger partial charge in [0.1, 0.15) is 11.5 Å². The van der Waals surface area contributed by atoms with Crippen LogP contribution in [0.4, 0.5) is 0 Å². The van der Waals surface area contributed by atoms with E-state index in [4.69, 9.17) is 21.1 Å². The summed E-state index contributed by atoms with van der Waals surface area (Å²) in [5.74, 6) is 2.38. The maximum atomic E-state index is 12.5. The predicted molar refractivity (Wildman–Crippen MR) is 124 cm³/mol. The molecule has 0 aliphatic carbocycles. The summed E-state index contributed by atoms with van der Waals surface area (Å²) in [5.41, 5.74) is 2.34. The largest absolute Gasteiger partial charge is 0.457 e. The molecule has 1 saturated heterocycles. The number of carbonyl (C=O) groups excluding carboxylic acids is 1. The van der Waals surface area contributed by atoms with Crippen molar-refractivity contribution in [1.29, 1.82) is 0 Å². The van der Waals surface area contributed by atoms with E-state index in [1.54, 1.807) is 0 Å². The molecular weight excluding hydrogens is 410 g/mol. The second kappa shape index (κ2) is 9.62. The lowest BCUT2D eigenvalue weighted by molar-refractivity contribution is -0.163. The minimum Gasteiger partial charge on any atom is -0.457 e. The van der Waals surface area contributed by atoms with Gasteiger partial charge in [-0.25, -0.2) is 0 Å². The molecule has 2 heterocycles. The van der Waals surface area contributed by atoms with Gasteiger partial charge >= 0.3 is 5.97 Å². The highest BCUT2D eigenvalue weighted by Crippen LogP contribution is 2.50. The number of hydrogen-bond acceptors (Lipinski definition) is 4. The SMILES string of the molecule is CCCCCC(=O)OC(C(C)C)N1CC2c3ccccc3Oc3ccc(Cl)cc3C2C1. The minimum absolute atomic E-state index is 0.0913. The zero-order valence-corrected chi connectivity index (χ0v) is 19.4. The van der Waals surface area contributed by atoms with Crippen LogP contribution in [-0.2, 0) is 9.53 Å². The van der Waals surface area contributed by atoms with Gasteiger partial charge in [0.05, 0.1) is 0 Å². The van der Waals surface area contributed by atoms with Gasteiger partial charge in [-0.1, -0.05) is 63.4 Å². The first-order chi connectivity index (χ1) is 15.0. The fraction of sp³-hybridized carbons (Fsp3) is 0.500. The first-order valence-electron chi connectivity index (χ1n) is 11.5. The molecule has 4 nitrogen and oxygen atoms in total. The molecule has 0 aromatic heterocycles. The molecule has 31 heavy (non-hydrogen) atoms. The van der Waals surface area contributed by atoms with Crippen LogP contribution in [0.2, 0.25) is 5.02 Å². The van der Waals surface area contributed by atoms with Crippen molar-refractivity contribution in [2.45, 2.75) is 64.5 Å². The molecule has 0 spiro atoms. The Morgan fingerprint density at radius 2 is 1.81 bits per heavy atom. The smallest absolute Gasteiger partial charge is 0.307 e. The Morgan fingerprint density at radius 1 is 1.10 bits per heavy atom. The van der Waals surface area contributed by atoms with Crippen molar-refractivity contribution in [2.75, 3.05) is 13.1 Å². The average molecular weight is 442 g/mol. The van der Waals surface area contributed by atoms with Crippen LogP contribution < -0.4 is 4.74 Å². The van der Waals surface area contributed by atoms with Crippen molar-refractivity contribution in [3.8, 4) is 11.5 Å². The van der Waals surface area contributed by atoms with E-state index in [9.17, 15) is 4.79 Å². The van der Waals surface area contributed by atoms with Crippen LogP contribution in [0.3, 0.4) is 0 Å². The van der Waals surface area contributed by atoms with Gasteiger partial charge in [0, 0.05) is 47.9 Å². The zero-order chi connectivity index (χ0) is 22.0. The van der Waals surface area contributed by atoms with Gasteiger partial charge in [-0.05, 0) is 36.2 Å². The first-order valence-corrected chi connectivity index (χ1v) is 11.9. The quantitative estimate of drug-likeness (QED) is 0.352. The lowest BCUT2D eigenvalue weighted by atomic mass is 9.84. The van der Waals surface area contributed by atoms with Gasteiger partial charge in [0.15, 0.2) is 6.23 Å². The predicted octanol–water partition coefficient (Wildman–Crippen LogP) is 6.73. The van der Waals surface area contributed by atoms with Gasteiger partial charge in [-0.3, -0.25) is 9.69 Å². The second-order valence-electron chi connectivity index (χ2n) is 9.07. The van der Waals surface area contributed by atoms with Crippen molar-refractivity contribution in [1.82, 2.24) is 4.90 Å². The monoisotopic (exact) mass is 441 g/mol. The number of rotatable bonds is 7. The summed E-state index contributed by atoms with van der Waals surface area (Å²) >= 11 is 6.37. The lowest BCUT2D eigenvalue weighted by Gasteiger charge is -2.31. The number of esters is 1. The van der Waals surface area contributed by atoms with E-state index in [0.717, 1.165) is 49.4 Å². The molecule has 3 unspecified atom stereocenters. The second-order valence-corrected chi connectivity index (χ2v) is 9.51. The molecule has 5 heteroatoms. The number of para-hydroxylation sites is 1. The van der Waals surface area contributed by atoms with E-state index in [0.29, 0.717) is 11.4 Å². The third-order valence-corrected chi connectivity index (χ3v) is 6.66. The summed E-state index contributed by atoms with van der Waals surface area (Å²) in [6.45, 7) is 8.02. The van der Waals surface area contributed by atoms with Crippen LogP contribution in [0.5, 0.6) is 11.5 Å². The van der Waals surface area contributed by atoms with Crippen molar-refractivity contribution in [3.05, 3.63) is 58.6 Å². The van der Waals surface area contributed by atoms with E-state index >= 15 is 0 Å². The molecule has 0 amide bonds. The molecule has 0 radical (unpaired) electrons. The summed E-state index contributed by atoms with van der Waals surface area (Å²) in [6.07, 6.45) is 3.31. The Bertz CT molecular complexity index is 929. The van der Waals surface area contributed by atoms with E-state index in [2.05, 4.69) is 37.8 Å². The number of unbranched alkanes of at least 4 members (excludes halogenated alkanes) is 2. The van der Waals surface area contributed by atoms with Crippen molar-refractivity contribution in [3.63, 3.8) is 0 Å². The van der Waals surface area contributed by atoms with E-state index in [-0.39, 0.29) is 30.0 Å². The average Bonchev–Trinajstić information content (AvgIpc) is 3.13. The minimum atomic E-state index is -0.225. The summed E-state index contributed by atoms with van der Waals surface area (Å²) < 4.78 is 12.3. The Hall–Kier alpha value is -2.04. The van der Waals surface area contributed by atoms with Gasteiger partial charge in [0.2, 0.25) is 0 Å². The van der Waals surface area contributed by atoms with Crippen LogP contribution >= 0.6 is 11.6 Å². The van der Waals surface area contributed by atoms with Gasteiger partial charge in [-0.15, -0.1) is 0 Å². The molecule has 166 valence electrons. The molecule has 2 aliphatic rings. The number of likely N-dealkylation sites (tertiary alicyclic amines) is 1. The third-order valence-electron chi connectivity index (χ3n) is 6.42. The molecule has 4 rings (SSSR count). The first kappa shape index (κ1) is 22.2. The third kappa shape index (κ3) is 4.75. The molecule has 2 aliphatic heterocycles. The van der Waals surface area contributed by atoms with Crippen molar-refractivity contribution in [2.24, 2.45) is 5.92 Å². The standard InChI is InChI=1S/C26H32ClNO3/c1-4-5-6-11-25(29)31-26(17(2)3)28-15-21-19-9-7-8-10-23(19)30-24-13-12-18(27)14-20(24)22(21)16-28/h7-10,12-14,17,21-22,26H,4-6,11,15-16H2,1-3H3. The summed E-state index contributed by atoms with van der Waals surface area (Å²) in [7, 11) is 0. The van der Waals surface area contributed by atoms with E-state index < -0.39 is 0 Å². The fourth-order valence-corrected chi connectivity index (χ4v) is 5.10. The summed E-state index contributed by atoms with van der Waals surface area (Å²) in [5, 5.41) is 0.716. The topological polar surface area (TPSA) is 38.8 Å². The molecule has 0 saturated carbocycles. The number of benzene rings is 2. The number of nitrogens with zero attached hydrogens (tertiary/aromatic N) is 1. The molecule has 1 fully saturated rings. The van der Waals surface area contributed by atoms with Crippen molar-refractivity contribution < 1.29 is 14.3 Å². The van der Waals surface area contributed by atoms with Gasteiger partial charge < -0.3 is 9.47 Å².